The molecule has 2 aromatic carbocycles. The highest BCUT2D eigenvalue weighted by molar-refractivity contribution is 6.15. The van der Waals surface area contributed by atoms with Gasteiger partial charge in [-0.2, -0.15) is 0 Å². The van der Waals surface area contributed by atoms with Gasteiger partial charge in [-0.05, 0) is 84.5 Å². The SMILES string of the molecule is CCOc1cc2c(cc1OC)[C@H]1CN(C)CC[C@H]1N=C2c1ccc(C(=O)N(C(C)C)C(C)C)cc1.Cl. The Bertz CT molecular complexity index is 1090. The number of nitrogens with zero attached hydrogens (tertiary/aromatic N) is 3. The molecule has 2 aliphatic heterocycles. The van der Waals surface area contributed by atoms with Crippen LogP contribution in [0.3, 0.4) is 0 Å². The number of likely N-dealkylation sites (N-methyl/N-ethyl adjacent to an activating group) is 1. The van der Waals surface area contributed by atoms with Crippen LogP contribution in [0.2, 0.25) is 0 Å². The third kappa shape index (κ3) is 5.40. The third-order valence-electron chi connectivity index (χ3n) is 7.12. The smallest absolute Gasteiger partial charge is 0.254 e. The van der Waals surface area contributed by atoms with Gasteiger partial charge in [-0.3, -0.25) is 9.79 Å². The maximum Gasteiger partial charge on any atom is 0.254 e. The monoisotopic (exact) mass is 513 g/mol. The van der Waals surface area contributed by atoms with Gasteiger partial charge in [0.2, 0.25) is 0 Å². The zero-order valence-corrected chi connectivity index (χ0v) is 23.4. The number of benzene rings is 2. The molecular weight excluding hydrogens is 474 g/mol. The fourth-order valence-corrected chi connectivity index (χ4v) is 5.53. The lowest BCUT2D eigenvalue weighted by atomic mass is 9.79. The summed E-state index contributed by atoms with van der Waals surface area (Å²) in [5, 5.41) is 0. The second-order valence-corrected chi connectivity index (χ2v) is 10.2. The number of methoxy groups -OCH3 is 1. The van der Waals surface area contributed by atoms with E-state index < -0.39 is 0 Å². The van der Waals surface area contributed by atoms with Crippen molar-refractivity contribution in [1.82, 2.24) is 9.80 Å². The Balaban J connectivity index is 0.00000361. The molecule has 0 aliphatic carbocycles. The molecule has 4 rings (SSSR count). The Labute approximate surface area is 222 Å². The maximum absolute atomic E-state index is 13.2. The number of rotatable bonds is 7. The molecule has 7 heteroatoms. The first-order chi connectivity index (χ1) is 16.7. The number of carbonyl (C=O) groups excluding carboxylic acids is 1. The largest absolute Gasteiger partial charge is 0.493 e. The fourth-order valence-electron chi connectivity index (χ4n) is 5.53. The maximum atomic E-state index is 13.2. The molecule has 0 bridgehead atoms. The van der Waals surface area contributed by atoms with E-state index in [2.05, 4.69) is 51.8 Å². The van der Waals surface area contributed by atoms with Crippen LogP contribution in [-0.4, -0.2) is 73.4 Å². The van der Waals surface area contributed by atoms with Crippen LogP contribution in [0, 0.1) is 0 Å². The van der Waals surface area contributed by atoms with E-state index in [0.717, 1.165) is 47.8 Å². The van der Waals surface area contributed by atoms with Gasteiger partial charge in [0.05, 0.1) is 25.5 Å². The van der Waals surface area contributed by atoms with E-state index in [4.69, 9.17) is 14.5 Å². The summed E-state index contributed by atoms with van der Waals surface area (Å²) in [5.74, 6) is 1.89. The highest BCUT2D eigenvalue weighted by Crippen LogP contribution is 2.42. The van der Waals surface area contributed by atoms with Crippen LogP contribution in [0.25, 0.3) is 0 Å². The zero-order valence-electron chi connectivity index (χ0n) is 22.6. The van der Waals surface area contributed by atoms with Gasteiger partial charge >= 0.3 is 0 Å². The Hall–Kier alpha value is -2.57. The van der Waals surface area contributed by atoms with Gasteiger partial charge in [0.25, 0.3) is 5.91 Å². The molecular formula is C29H40ClN3O3. The van der Waals surface area contributed by atoms with Crippen molar-refractivity contribution in [2.45, 2.75) is 65.1 Å². The van der Waals surface area contributed by atoms with E-state index in [-0.39, 0.29) is 36.4 Å². The van der Waals surface area contributed by atoms with Crippen LogP contribution in [0.1, 0.15) is 74.0 Å². The number of hydrogen-bond donors (Lipinski definition) is 0. The van der Waals surface area contributed by atoms with E-state index in [9.17, 15) is 4.79 Å². The minimum absolute atomic E-state index is 0. The molecule has 2 heterocycles. The van der Waals surface area contributed by atoms with E-state index in [0.29, 0.717) is 18.1 Å². The van der Waals surface area contributed by atoms with Crippen molar-refractivity contribution in [2.24, 2.45) is 4.99 Å². The van der Waals surface area contributed by atoms with Gasteiger partial charge < -0.3 is 19.3 Å². The van der Waals surface area contributed by atoms with Gasteiger partial charge in [0.1, 0.15) is 0 Å². The molecule has 1 fully saturated rings. The number of amides is 1. The highest BCUT2D eigenvalue weighted by Gasteiger charge is 2.36. The van der Waals surface area contributed by atoms with Crippen LogP contribution in [0.5, 0.6) is 11.5 Å². The first-order valence-electron chi connectivity index (χ1n) is 12.8. The number of piperidine rings is 1. The van der Waals surface area contributed by atoms with Gasteiger partial charge in [0, 0.05) is 41.2 Å². The minimum atomic E-state index is 0. The predicted octanol–water partition coefficient (Wildman–Crippen LogP) is 5.41. The second-order valence-electron chi connectivity index (χ2n) is 10.2. The van der Waals surface area contributed by atoms with Gasteiger partial charge in [-0.15, -0.1) is 12.4 Å². The van der Waals surface area contributed by atoms with Crippen molar-refractivity contribution in [3.63, 3.8) is 0 Å². The number of fused-ring (bicyclic) bond motifs is 3. The molecule has 2 aromatic rings. The molecule has 0 aromatic heterocycles. The van der Waals surface area contributed by atoms with Crippen molar-refractivity contribution in [3.8, 4) is 11.5 Å². The molecule has 0 spiro atoms. The number of halogens is 1. The number of hydrogen-bond acceptors (Lipinski definition) is 5. The van der Waals surface area contributed by atoms with Crippen molar-refractivity contribution in [3.05, 3.63) is 58.7 Å². The quantitative estimate of drug-likeness (QED) is 0.496. The molecule has 0 radical (unpaired) electrons. The summed E-state index contributed by atoms with van der Waals surface area (Å²) in [4.78, 5) is 22.8. The Kier molecular flexibility index (Phi) is 9.07. The molecule has 6 nitrogen and oxygen atoms in total. The molecule has 36 heavy (non-hydrogen) atoms. The summed E-state index contributed by atoms with van der Waals surface area (Å²) >= 11 is 0. The molecule has 2 aliphatic rings. The van der Waals surface area contributed by atoms with Crippen LogP contribution in [0.4, 0.5) is 0 Å². The number of ether oxygens (including phenoxy) is 2. The predicted molar refractivity (Wildman–Crippen MR) is 149 cm³/mol. The number of likely N-dealkylation sites (tertiary alicyclic amines) is 1. The average Bonchev–Trinajstić information content (AvgIpc) is 2.83. The van der Waals surface area contributed by atoms with Gasteiger partial charge in [-0.25, -0.2) is 0 Å². The van der Waals surface area contributed by atoms with Crippen LogP contribution in [0.15, 0.2) is 41.4 Å². The first-order valence-corrected chi connectivity index (χ1v) is 12.8. The van der Waals surface area contributed by atoms with E-state index >= 15 is 0 Å². The van der Waals surface area contributed by atoms with Crippen LogP contribution >= 0.6 is 12.4 Å². The van der Waals surface area contributed by atoms with Crippen LogP contribution < -0.4 is 9.47 Å². The standard InChI is InChI=1S/C29H39N3O3.ClH/c1-8-35-27-16-23-22(15-26(27)34-7)24-17-31(6)14-13-25(24)30-28(23)20-9-11-21(12-10-20)29(33)32(18(2)3)19(4)5;/h9-12,15-16,18-19,24-25H,8,13-14,17H2,1-7H3;1H/t24-,25-;/m1./s1. The summed E-state index contributed by atoms with van der Waals surface area (Å²) in [5.41, 5.74) is 5.05. The van der Waals surface area contributed by atoms with Crippen molar-refractivity contribution >= 4 is 24.0 Å². The fraction of sp³-hybridized carbons (Fsp3) is 0.517. The Morgan fingerprint density at radius 3 is 2.36 bits per heavy atom. The number of aliphatic imine (C=N–C) groups is 1. The molecule has 196 valence electrons. The summed E-state index contributed by atoms with van der Waals surface area (Å²) in [6, 6.07) is 12.7. The summed E-state index contributed by atoms with van der Waals surface area (Å²) in [6.07, 6.45) is 1.02. The molecule has 0 N–H and O–H groups in total. The topological polar surface area (TPSA) is 54.4 Å². The van der Waals surface area contributed by atoms with Gasteiger partial charge in [0.15, 0.2) is 11.5 Å². The summed E-state index contributed by atoms with van der Waals surface area (Å²) < 4.78 is 11.6. The molecule has 1 amide bonds. The molecule has 1 saturated heterocycles. The minimum Gasteiger partial charge on any atom is -0.493 e. The highest BCUT2D eigenvalue weighted by atomic mass is 35.5. The molecule has 0 saturated carbocycles. The summed E-state index contributed by atoms with van der Waals surface area (Å²) in [7, 11) is 3.87. The van der Waals surface area contributed by atoms with Crippen molar-refractivity contribution < 1.29 is 14.3 Å². The normalized spacial score (nSPS) is 19.2. The number of carbonyl (C=O) groups is 1. The molecule has 0 unspecified atom stereocenters. The lowest BCUT2D eigenvalue weighted by Crippen LogP contribution is -2.42. The lowest BCUT2D eigenvalue weighted by Gasteiger charge is -2.39. The zero-order chi connectivity index (χ0) is 25.3. The van der Waals surface area contributed by atoms with Crippen LogP contribution in [-0.2, 0) is 0 Å². The Morgan fingerprint density at radius 2 is 1.78 bits per heavy atom. The van der Waals surface area contributed by atoms with E-state index in [1.807, 2.05) is 36.1 Å². The average molecular weight is 514 g/mol. The van der Waals surface area contributed by atoms with Gasteiger partial charge in [-0.1, -0.05) is 12.1 Å². The Morgan fingerprint density at radius 1 is 1.11 bits per heavy atom. The lowest BCUT2D eigenvalue weighted by molar-refractivity contribution is 0.0643. The summed E-state index contributed by atoms with van der Waals surface area (Å²) in [6.45, 7) is 12.8. The third-order valence-corrected chi connectivity index (χ3v) is 7.12. The van der Waals surface area contributed by atoms with Crippen molar-refractivity contribution in [1.29, 1.82) is 0 Å². The second kappa shape index (κ2) is 11.7. The van der Waals surface area contributed by atoms with Crippen molar-refractivity contribution in [2.75, 3.05) is 33.9 Å². The first kappa shape index (κ1) is 28.0. The van der Waals surface area contributed by atoms with E-state index in [1.165, 1.54) is 5.56 Å². The van der Waals surface area contributed by atoms with E-state index in [1.54, 1.807) is 7.11 Å². The molecule has 2 atom stereocenters.